The highest BCUT2D eigenvalue weighted by Crippen LogP contribution is 2.28. The molecule has 150 valence electrons. The fourth-order valence-electron chi connectivity index (χ4n) is 2.92. The molecule has 1 heterocycles. The van der Waals surface area contributed by atoms with E-state index in [4.69, 9.17) is 9.47 Å². The number of carbonyl (C=O) groups is 1. The number of hydrogen-bond acceptors (Lipinski definition) is 6. The Labute approximate surface area is 170 Å². The van der Waals surface area contributed by atoms with Gasteiger partial charge in [-0.3, -0.25) is 4.79 Å². The Hall–Kier alpha value is -3.61. The molecule has 1 amide bonds. The van der Waals surface area contributed by atoms with Gasteiger partial charge in [0.05, 0.1) is 19.9 Å². The molecule has 2 N–H and O–H groups in total. The third-order valence-electron chi connectivity index (χ3n) is 4.32. The van der Waals surface area contributed by atoms with Crippen molar-refractivity contribution in [2.24, 2.45) is 0 Å². The molecule has 2 aromatic carbocycles. The minimum Gasteiger partial charge on any atom is -0.496 e. The maximum Gasteiger partial charge on any atom is 0.270 e. The first-order chi connectivity index (χ1) is 14.0. The standard InChI is InChI=1S/C22H24N4O3/c1-14-9-10-20(29-4)17(11-14)26-21-12-18(24-15(2)25-21)22(27)23-13-16-7-5-6-8-19(16)28-3/h5-12H,13H2,1-4H3,(H,23,27)(H,24,25,26). The topological polar surface area (TPSA) is 85.4 Å². The van der Waals surface area contributed by atoms with Gasteiger partial charge in [0.1, 0.15) is 28.8 Å². The molecule has 0 aliphatic carbocycles. The van der Waals surface area contributed by atoms with Gasteiger partial charge in [-0.1, -0.05) is 24.3 Å². The van der Waals surface area contributed by atoms with Crippen LogP contribution in [0.2, 0.25) is 0 Å². The van der Waals surface area contributed by atoms with Gasteiger partial charge < -0.3 is 20.1 Å². The highest BCUT2D eigenvalue weighted by molar-refractivity contribution is 5.93. The Balaban J connectivity index is 1.78. The number of aryl methyl sites for hydroxylation is 2. The van der Waals surface area contributed by atoms with E-state index >= 15 is 0 Å². The van der Waals surface area contributed by atoms with Crippen LogP contribution < -0.4 is 20.1 Å². The maximum absolute atomic E-state index is 12.7. The molecule has 0 unspecified atom stereocenters. The summed E-state index contributed by atoms with van der Waals surface area (Å²) in [4.78, 5) is 21.3. The second-order valence-corrected chi connectivity index (χ2v) is 6.51. The number of amides is 1. The van der Waals surface area contributed by atoms with Crippen LogP contribution in [0, 0.1) is 13.8 Å². The van der Waals surface area contributed by atoms with Crippen molar-refractivity contribution in [2.75, 3.05) is 19.5 Å². The van der Waals surface area contributed by atoms with Gasteiger partial charge >= 0.3 is 0 Å². The normalized spacial score (nSPS) is 10.3. The van der Waals surface area contributed by atoms with Gasteiger partial charge in [0.25, 0.3) is 5.91 Å². The van der Waals surface area contributed by atoms with Gasteiger partial charge in [0.2, 0.25) is 0 Å². The lowest BCUT2D eigenvalue weighted by molar-refractivity contribution is 0.0945. The lowest BCUT2D eigenvalue weighted by Gasteiger charge is -2.13. The second kappa shape index (κ2) is 9.05. The molecule has 3 rings (SSSR count). The van der Waals surface area contributed by atoms with Crippen LogP contribution in [-0.2, 0) is 6.54 Å². The highest BCUT2D eigenvalue weighted by Gasteiger charge is 2.13. The lowest BCUT2D eigenvalue weighted by atomic mass is 10.2. The molecule has 0 saturated carbocycles. The van der Waals surface area contributed by atoms with Crippen molar-refractivity contribution in [1.29, 1.82) is 0 Å². The van der Waals surface area contributed by atoms with Gasteiger partial charge in [-0.05, 0) is 37.6 Å². The van der Waals surface area contributed by atoms with Crippen molar-refractivity contribution >= 4 is 17.4 Å². The molecule has 0 saturated heterocycles. The molecule has 0 radical (unpaired) electrons. The van der Waals surface area contributed by atoms with E-state index in [-0.39, 0.29) is 11.6 Å². The van der Waals surface area contributed by atoms with E-state index in [0.717, 1.165) is 22.6 Å². The fourth-order valence-corrected chi connectivity index (χ4v) is 2.92. The highest BCUT2D eigenvalue weighted by atomic mass is 16.5. The van der Waals surface area contributed by atoms with E-state index in [1.807, 2.05) is 49.4 Å². The number of benzene rings is 2. The first kappa shape index (κ1) is 20.1. The van der Waals surface area contributed by atoms with Crippen LogP contribution in [0.1, 0.15) is 27.4 Å². The summed E-state index contributed by atoms with van der Waals surface area (Å²) in [5.41, 5.74) is 3.01. The molecule has 0 aliphatic rings. The number of carbonyl (C=O) groups excluding carboxylic acids is 1. The molecule has 3 aromatic rings. The molecule has 0 atom stereocenters. The average molecular weight is 392 g/mol. The number of nitrogens with zero attached hydrogens (tertiary/aromatic N) is 2. The predicted molar refractivity (Wildman–Crippen MR) is 112 cm³/mol. The summed E-state index contributed by atoms with van der Waals surface area (Å²) < 4.78 is 10.7. The van der Waals surface area contributed by atoms with Crippen LogP contribution >= 0.6 is 0 Å². The van der Waals surface area contributed by atoms with E-state index in [1.165, 1.54) is 0 Å². The van der Waals surface area contributed by atoms with Crippen LogP contribution in [0.3, 0.4) is 0 Å². The summed E-state index contributed by atoms with van der Waals surface area (Å²) in [7, 11) is 3.21. The Morgan fingerprint density at radius 1 is 0.966 bits per heavy atom. The van der Waals surface area contributed by atoms with Crippen molar-refractivity contribution < 1.29 is 14.3 Å². The van der Waals surface area contributed by atoms with Crippen LogP contribution in [0.15, 0.2) is 48.5 Å². The van der Waals surface area contributed by atoms with E-state index in [1.54, 1.807) is 27.2 Å². The molecule has 29 heavy (non-hydrogen) atoms. The zero-order valence-corrected chi connectivity index (χ0v) is 16.9. The summed E-state index contributed by atoms with van der Waals surface area (Å²) in [5, 5.41) is 6.09. The van der Waals surface area contributed by atoms with Crippen LogP contribution in [-0.4, -0.2) is 30.1 Å². The SMILES string of the molecule is COc1ccccc1CNC(=O)c1cc(Nc2cc(C)ccc2OC)nc(C)n1. The molecular weight excluding hydrogens is 368 g/mol. The summed E-state index contributed by atoms with van der Waals surface area (Å²) in [6, 6.07) is 15.0. The van der Waals surface area contributed by atoms with E-state index in [2.05, 4.69) is 20.6 Å². The average Bonchev–Trinajstić information content (AvgIpc) is 2.72. The smallest absolute Gasteiger partial charge is 0.270 e. The largest absolute Gasteiger partial charge is 0.496 e. The third kappa shape index (κ3) is 5.01. The fraction of sp³-hybridized carbons (Fsp3) is 0.227. The molecule has 1 aromatic heterocycles. The quantitative estimate of drug-likeness (QED) is 0.636. The number of anilines is 2. The monoisotopic (exact) mass is 392 g/mol. The van der Waals surface area contributed by atoms with Crippen molar-refractivity contribution in [3.63, 3.8) is 0 Å². The molecule has 7 nitrogen and oxygen atoms in total. The van der Waals surface area contributed by atoms with Crippen LogP contribution in [0.4, 0.5) is 11.5 Å². The van der Waals surface area contributed by atoms with Crippen LogP contribution in [0.25, 0.3) is 0 Å². The minimum absolute atomic E-state index is 0.279. The Kier molecular flexibility index (Phi) is 6.29. The van der Waals surface area contributed by atoms with Gasteiger partial charge in [-0.15, -0.1) is 0 Å². The Morgan fingerprint density at radius 2 is 1.72 bits per heavy atom. The molecule has 0 fully saturated rings. The van der Waals surface area contributed by atoms with Gasteiger partial charge in [-0.25, -0.2) is 9.97 Å². The van der Waals surface area contributed by atoms with Crippen molar-refractivity contribution in [2.45, 2.75) is 20.4 Å². The number of nitrogens with one attached hydrogen (secondary N) is 2. The maximum atomic E-state index is 12.7. The van der Waals surface area contributed by atoms with E-state index in [0.29, 0.717) is 23.9 Å². The van der Waals surface area contributed by atoms with Gasteiger partial charge in [0, 0.05) is 18.2 Å². The van der Waals surface area contributed by atoms with Crippen molar-refractivity contribution in [1.82, 2.24) is 15.3 Å². The zero-order chi connectivity index (χ0) is 20.8. The van der Waals surface area contributed by atoms with Crippen LogP contribution in [0.5, 0.6) is 11.5 Å². The van der Waals surface area contributed by atoms with E-state index < -0.39 is 0 Å². The number of rotatable bonds is 7. The first-order valence-electron chi connectivity index (χ1n) is 9.17. The predicted octanol–water partition coefficient (Wildman–Crippen LogP) is 3.78. The minimum atomic E-state index is -0.291. The Bertz CT molecular complexity index is 1020. The number of ether oxygens (including phenoxy) is 2. The number of aromatic nitrogens is 2. The van der Waals surface area contributed by atoms with Gasteiger partial charge in [-0.2, -0.15) is 0 Å². The zero-order valence-electron chi connectivity index (χ0n) is 16.9. The summed E-state index contributed by atoms with van der Waals surface area (Å²) in [6.07, 6.45) is 0. The molecule has 0 spiro atoms. The summed E-state index contributed by atoms with van der Waals surface area (Å²) >= 11 is 0. The van der Waals surface area contributed by atoms with E-state index in [9.17, 15) is 4.79 Å². The van der Waals surface area contributed by atoms with Crippen molar-refractivity contribution in [3.05, 3.63) is 71.2 Å². The first-order valence-corrected chi connectivity index (χ1v) is 9.17. The number of para-hydroxylation sites is 1. The lowest BCUT2D eigenvalue weighted by Crippen LogP contribution is -2.24. The second-order valence-electron chi connectivity index (χ2n) is 6.51. The van der Waals surface area contributed by atoms with Crippen molar-refractivity contribution in [3.8, 4) is 11.5 Å². The third-order valence-corrected chi connectivity index (χ3v) is 4.32. The number of hydrogen-bond donors (Lipinski definition) is 2. The molecule has 0 bridgehead atoms. The summed E-state index contributed by atoms with van der Waals surface area (Å²) in [5.74, 6) is 2.13. The molecule has 7 heteroatoms. The summed E-state index contributed by atoms with van der Waals surface area (Å²) in [6.45, 7) is 4.07. The molecular formula is C22H24N4O3. The van der Waals surface area contributed by atoms with Gasteiger partial charge in [0.15, 0.2) is 0 Å². The number of methoxy groups -OCH3 is 2. The Morgan fingerprint density at radius 3 is 2.48 bits per heavy atom. The molecule has 0 aliphatic heterocycles.